The van der Waals surface area contributed by atoms with Gasteiger partial charge in [0.05, 0.1) is 6.10 Å². The third kappa shape index (κ3) is 4.62. The van der Waals surface area contributed by atoms with Gasteiger partial charge in [-0.2, -0.15) is 4.98 Å². The van der Waals surface area contributed by atoms with Crippen LogP contribution in [0.15, 0.2) is 36.5 Å². The predicted molar refractivity (Wildman–Crippen MR) is 103 cm³/mol. The third-order valence-corrected chi connectivity index (χ3v) is 4.52. The molecule has 1 aliphatic heterocycles. The van der Waals surface area contributed by atoms with Gasteiger partial charge in [0, 0.05) is 24.5 Å². The van der Waals surface area contributed by atoms with Gasteiger partial charge in [-0.1, -0.05) is 6.92 Å². The maximum atomic E-state index is 5.68. The summed E-state index contributed by atoms with van der Waals surface area (Å²) in [6.45, 7) is 7.38. The van der Waals surface area contributed by atoms with E-state index < -0.39 is 0 Å². The molecule has 1 atom stereocenters. The molecule has 2 heterocycles. The van der Waals surface area contributed by atoms with Crippen LogP contribution in [0.4, 0.5) is 17.5 Å². The van der Waals surface area contributed by atoms with Gasteiger partial charge >= 0.3 is 0 Å². The Balaban J connectivity index is 1.71. The summed E-state index contributed by atoms with van der Waals surface area (Å²) in [7, 11) is 0. The van der Waals surface area contributed by atoms with Crippen LogP contribution >= 0.6 is 0 Å². The van der Waals surface area contributed by atoms with E-state index in [4.69, 9.17) is 9.72 Å². The quantitative estimate of drug-likeness (QED) is 0.820. The molecular formula is C20H28N4O. The second-order valence-corrected chi connectivity index (χ2v) is 6.81. The fourth-order valence-electron chi connectivity index (χ4n) is 3.31. The van der Waals surface area contributed by atoms with Crippen LogP contribution < -0.4 is 15.0 Å². The molecule has 0 spiro atoms. The van der Waals surface area contributed by atoms with Crippen molar-refractivity contribution >= 4 is 17.5 Å². The molecule has 25 heavy (non-hydrogen) atoms. The van der Waals surface area contributed by atoms with Gasteiger partial charge in [0.25, 0.3) is 0 Å². The summed E-state index contributed by atoms with van der Waals surface area (Å²) in [5.74, 6) is 2.52. The highest BCUT2D eigenvalue weighted by atomic mass is 16.5. The Morgan fingerprint density at radius 3 is 2.72 bits per heavy atom. The lowest BCUT2D eigenvalue weighted by Crippen LogP contribution is -2.39. The largest absolute Gasteiger partial charge is 0.491 e. The number of aromatic nitrogens is 2. The molecule has 3 rings (SSSR count). The van der Waals surface area contributed by atoms with E-state index in [2.05, 4.69) is 22.1 Å². The van der Waals surface area contributed by atoms with Crippen LogP contribution in [-0.4, -0.2) is 28.7 Å². The topological polar surface area (TPSA) is 50.3 Å². The molecule has 0 radical (unpaired) electrons. The zero-order valence-electron chi connectivity index (χ0n) is 15.4. The lowest BCUT2D eigenvalue weighted by atomic mass is 10.0. The summed E-state index contributed by atoms with van der Waals surface area (Å²) in [5, 5.41) is 3.29. The van der Waals surface area contributed by atoms with E-state index in [0.29, 0.717) is 12.0 Å². The molecule has 1 N–H and O–H groups in total. The zero-order valence-corrected chi connectivity index (χ0v) is 15.4. The minimum Gasteiger partial charge on any atom is -0.491 e. The van der Waals surface area contributed by atoms with Gasteiger partial charge in [-0.15, -0.1) is 0 Å². The third-order valence-electron chi connectivity index (χ3n) is 4.52. The summed E-state index contributed by atoms with van der Waals surface area (Å²) in [6, 6.07) is 10.5. The van der Waals surface area contributed by atoms with Crippen LogP contribution in [-0.2, 0) is 0 Å². The van der Waals surface area contributed by atoms with E-state index in [1.165, 1.54) is 19.3 Å². The number of hydrogen-bond donors (Lipinski definition) is 1. The van der Waals surface area contributed by atoms with Crippen molar-refractivity contribution in [2.24, 2.45) is 0 Å². The fourth-order valence-corrected chi connectivity index (χ4v) is 3.31. The first kappa shape index (κ1) is 17.5. The van der Waals surface area contributed by atoms with Gasteiger partial charge in [0.15, 0.2) is 0 Å². The molecular weight excluding hydrogens is 312 g/mol. The minimum absolute atomic E-state index is 0.176. The molecule has 1 aromatic carbocycles. The second-order valence-electron chi connectivity index (χ2n) is 6.81. The van der Waals surface area contributed by atoms with E-state index in [1.807, 2.05) is 50.4 Å². The Morgan fingerprint density at radius 1 is 1.20 bits per heavy atom. The van der Waals surface area contributed by atoms with Gasteiger partial charge in [-0.25, -0.2) is 4.98 Å². The number of hydrogen-bond acceptors (Lipinski definition) is 5. The molecule has 0 saturated carbocycles. The Labute approximate surface area is 150 Å². The van der Waals surface area contributed by atoms with Crippen LogP contribution in [0, 0.1) is 0 Å². The molecule has 0 amide bonds. The Bertz CT molecular complexity index is 672. The van der Waals surface area contributed by atoms with Crippen molar-refractivity contribution in [3.05, 3.63) is 36.5 Å². The maximum Gasteiger partial charge on any atom is 0.229 e. The van der Waals surface area contributed by atoms with Gasteiger partial charge < -0.3 is 15.0 Å². The van der Waals surface area contributed by atoms with Crippen LogP contribution in [0.25, 0.3) is 0 Å². The van der Waals surface area contributed by atoms with E-state index in [1.54, 1.807) is 0 Å². The maximum absolute atomic E-state index is 5.68. The highest BCUT2D eigenvalue weighted by Gasteiger charge is 2.22. The molecule has 0 bridgehead atoms. The number of rotatable bonds is 6. The molecule has 1 aromatic heterocycles. The molecule has 1 unspecified atom stereocenters. The normalized spacial score (nSPS) is 17.6. The SMILES string of the molecule is CCC1CCCCN1c1ccnc(Nc2ccc(OC(C)C)cc2)n1. The minimum atomic E-state index is 0.176. The van der Waals surface area contributed by atoms with Crippen molar-refractivity contribution in [1.29, 1.82) is 0 Å². The number of benzene rings is 1. The van der Waals surface area contributed by atoms with E-state index >= 15 is 0 Å². The Morgan fingerprint density at radius 2 is 2.00 bits per heavy atom. The summed E-state index contributed by atoms with van der Waals surface area (Å²) < 4.78 is 5.68. The highest BCUT2D eigenvalue weighted by molar-refractivity contribution is 5.56. The average molecular weight is 340 g/mol. The first-order chi connectivity index (χ1) is 12.2. The molecule has 5 nitrogen and oxygen atoms in total. The smallest absolute Gasteiger partial charge is 0.229 e. The number of piperidine rings is 1. The molecule has 0 aliphatic carbocycles. The molecule has 1 saturated heterocycles. The summed E-state index contributed by atoms with van der Waals surface area (Å²) in [5.41, 5.74) is 0.957. The number of anilines is 3. The average Bonchev–Trinajstić information content (AvgIpc) is 2.63. The van der Waals surface area contributed by atoms with Crippen LogP contribution in [0.3, 0.4) is 0 Å². The predicted octanol–water partition coefficient (Wildman–Crippen LogP) is 4.78. The van der Waals surface area contributed by atoms with Crippen LogP contribution in [0.5, 0.6) is 5.75 Å². The van der Waals surface area contributed by atoms with Crippen molar-refractivity contribution in [2.75, 3.05) is 16.8 Å². The number of nitrogens with zero attached hydrogens (tertiary/aromatic N) is 3. The Hall–Kier alpha value is -2.30. The summed E-state index contributed by atoms with van der Waals surface area (Å²) in [4.78, 5) is 11.5. The molecule has 5 heteroatoms. The van der Waals surface area contributed by atoms with E-state index in [0.717, 1.165) is 30.2 Å². The van der Waals surface area contributed by atoms with Crippen molar-refractivity contribution in [3.63, 3.8) is 0 Å². The van der Waals surface area contributed by atoms with Crippen molar-refractivity contribution < 1.29 is 4.74 Å². The van der Waals surface area contributed by atoms with Crippen LogP contribution in [0.2, 0.25) is 0 Å². The van der Waals surface area contributed by atoms with Gasteiger partial charge in [0.2, 0.25) is 5.95 Å². The molecule has 2 aromatic rings. The van der Waals surface area contributed by atoms with Crippen molar-refractivity contribution in [1.82, 2.24) is 9.97 Å². The highest BCUT2D eigenvalue weighted by Crippen LogP contribution is 2.26. The number of ether oxygens (including phenoxy) is 1. The number of nitrogens with one attached hydrogen (secondary N) is 1. The van der Waals surface area contributed by atoms with Crippen molar-refractivity contribution in [3.8, 4) is 5.75 Å². The van der Waals surface area contributed by atoms with Gasteiger partial charge in [-0.05, 0) is 69.9 Å². The molecule has 134 valence electrons. The monoisotopic (exact) mass is 340 g/mol. The zero-order chi connectivity index (χ0) is 17.6. The van der Waals surface area contributed by atoms with E-state index in [9.17, 15) is 0 Å². The van der Waals surface area contributed by atoms with Crippen molar-refractivity contribution in [2.45, 2.75) is 58.6 Å². The van der Waals surface area contributed by atoms with E-state index in [-0.39, 0.29) is 6.10 Å². The van der Waals surface area contributed by atoms with Crippen LogP contribution in [0.1, 0.15) is 46.5 Å². The first-order valence-corrected chi connectivity index (χ1v) is 9.29. The lowest BCUT2D eigenvalue weighted by Gasteiger charge is -2.36. The second kappa shape index (κ2) is 8.19. The van der Waals surface area contributed by atoms with Gasteiger partial charge in [0.1, 0.15) is 11.6 Å². The first-order valence-electron chi connectivity index (χ1n) is 9.29. The Kier molecular flexibility index (Phi) is 5.74. The fraction of sp³-hybridized carbons (Fsp3) is 0.500. The summed E-state index contributed by atoms with van der Waals surface area (Å²) >= 11 is 0. The lowest BCUT2D eigenvalue weighted by molar-refractivity contribution is 0.242. The van der Waals surface area contributed by atoms with Gasteiger partial charge in [-0.3, -0.25) is 0 Å². The summed E-state index contributed by atoms with van der Waals surface area (Å²) in [6.07, 6.45) is 6.97. The molecule has 1 aliphatic rings. The molecule has 1 fully saturated rings. The standard InChI is InChI=1S/C20H28N4O/c1-4-17-7-5-6-14-24(17)19-12-13-21-20(23-19)22-16-8-10-18(11-9-16)25-15(2)3/h8-13,15,17H,4-7,14H2,1-3H3,(H,21,22,23).